The quantitative estimate of drug-likeness (QED) is 0.624. The monoisotopic (exact) mass is 374 g/mol. The van der Waals surface area contributed by atoms with Crippen molar-refractivity contribution in [2.75, 3.05) is 17.7 Å². The number of anilines is 3. The van der Waals surface area contributed by atoms with Crippen molar-refractivity contribution >= 4 is 40.5 Å². The summed E-state index contributed by atoms with van der Waals surface area (Å²) >= 11 is 12.1. The molecule has 0 saturated carbocycles. The molecule has 0 unspecified atom stereocenters. The fourth-order valence-electron chi connectivity index (χ4n) is 2.29. The predicted molar refractivity (Wildman–Crippen MR) is 102 cm³/mol. The summed E-state index contributed by atoms with van der Waals surface area (Å²) in [6.07, 6.45) is 1.48. The molecule has 3 aromatic rings. The first-order valence-electron chi connectivity index (χ1n) is 7.55. The van der Waals surface area contributed by atoms with Crippen LogP contribution in [0.2, 0.25) is 10.0 Å². The van der Waals surface area contributed by atoms with Gasteiger partial charge in [0.05, 0.1) is 17.8 Å². The minimum Gasteiger partial charge on any atom is -0.496 e. The van der Waals surface area contributed by atoms with E-state index in [4.69, 9.17) is 27.9 Å². The molecule has 25 heavy (non-hydrogen) atoms. The van der Waals surface area contributed by atoms with Gasteiger partial charge in [-0.2, -0.15) is 0 Å². The lowest BCUT2D eigenvalue weighted by Gasteiger charge is -2.11. The van der Waals surface area contributed by atoms with Crippen LogP contribution in [0.5, 0.6) is 5.75 Å². The van der Waals surface area contributed by atoms with E-state index in [-0.39, 0.29) is 0 Å². The summed E-state index contributed by atoms with van der Waals surface area (Å²) in [6.45, 7) is 0.585. The van der Waals surface area contributed by atoms with Crippen molar-refractivity contribution in [3.63, 3.8) is 0 Å². The molecular weight excluding hydrogens is 359 g/mol. The zero-order chi connectivity index (χ0) is 17.6. The van der Waals surface area contributed by atoms with Crippen LogP contribution < -0.4 is 15.4 Å². The van der Waals surface area contributed by atoms with E-state index in [2.05, 4.69) is 20.6 Å². The van der Waals surface area contributed by atoms with Gasteiger partial charge in [0.15, 0.2) is 0 Å². The lowest BCUT2D eigenvalue weighted by molar-refractivity contribution is 0.410. The summed E-state index contributed by atoms with van der Waals surface area (Å²) in [6, 6.07) is 14.9. The molecule has 7 heteroatoms. The Balaban J connectivity index is 1.71. The number of benzene rings is 2. The molecule has 0 aliphatic carbocycles. The first kappa shape index (κ1) is 17.3. The van der Waals surface area contributed by atoms with Gasteiger partial charge in [-0.1, -0.05) is 41.4 Å². The molecule has 2 aromatic carbocycles. The first-order chi connectivity index (χ1) is 12.2. The lowest BCUT2D eigenvalue weighted by atomic mass is 10.2. The SMILES string of the molecule is COc1ccccc1CNc1cc(Nc2ccc(Cl)cc2Cl)ncn1. The zero-order valence-electron chi connectivity index (χ0n) is 13.5. The van der Waals surface area contributed by atoms with Crippen LogP contribution in [0, 0.1) is 0 Å². The van der Waals surface area contributed by atoms with E-state index in [1.807, 2.05) is 24.3 Å². The summed E-state index contributed by atoms with van der Waals surface area (Å²) < 4.78 is 5.35. The van der Waals surface area contributed by atoms with E-state index >= 15 is 0 Å². The number of rotatable bonds is 6. The molecule has 1 heterocycles. The number of hydrogen-bond acceptors (Lipinski definition) is 5. The Labute approximate surface area is 156 Å². The summed E-state index contributed by atoms with van der Waals surface area (Å²) in [5, 5.41) is 7.52. The Morgan fingerprint density at radius 1 is 1.00 bits per heavy atom. The molecule has 0 saturated heterocycles. The van der Waals surface area contributed by atoms with E-state index in [9.17, 15) is 0 Å². The second-order valence-corrected chi connectivity index (χ2v) is 6.05. The smallest absolute Gasteiger partial charge is 0.135 e. The Hall–Kier alpha value is -2.50. The number of halogens is 2. The van der Waals surface area contributed by atoms with Crippen molar-refractivity contribution in [3.8, 4) is 5.75 Å². The molecule has 0 atom stereocenters. The van der Waals surface area contributed by atoms with Crippen molar-refractivity contribution < 1.29 is 4.74 Å². The predicted octanol–water partition coefficient (Wildman–Crippen LogP) is 5.15. The van der Waals surface area contributed by atoms with Gasteiger partial charge in [-0.3, -0.25) is 0 Å². The number of nitrogens with zero attached hydrogens (tertiary/aromatic N) is 2. The molecule has 3 rings (SSSR count). The largest absolute Gasteiger partial charge is 0.496 e. The van der Waals surface area contributed by atoms with Gasteiger partial charge in [-0.05, 0) is 24.3 Å². The molecule has 1 aromatic heterocycles. The van der Waals surface area contributed by atoms with E-state index in [0.29, 0.717) is 28.2 Å². The first-order valence-corrected chi connectivity index (χ1v) is 8.31. The van der Waals surface area contributed by atoms with Gasteiger partial charge in [0, 0.05) is 23.2 Å². The fraction of sp³-hybridized carbons (Fsp3) is 0.111. The maximum Gasteiger partial charge on any atom is 0.135 e. The van der Waals surface area contributed by atoms with Crippen LogP contribution in [0.3, 0.4) is 0 Å². The molecule has 0 aliphatic heterocycles. The summed E-state index contributed by atoms with van der Waals surface area (Å²) in [7, 11) is 1.65. The van der Waals surface area contributed by atoms with Gasteiger partial charge in [0.2, 0.25) is 0 Å². The maximum absolute atomic E-state index is 6.17. The van der Waals surface area contributed by atoms with Gasteiger partial charge in [-0.25, -0.2) is 9.97 Å². The molecule has 5 nitrogen and oxygen atoms in total. The average molecular weight is 375 g/mol. The number of nitrogens with one attached hydrogen (secondary N) is 2. The Morgan fingerprint density at radius 2 is 1.80 bits per heavy atom. The third-order valence-corrected chi connectivity index (χ3v) is 4.06. The molecule has 128 valence electrons. The molecule has 0 aliphatic rings. The van der Waals surface area contributed by atoms with Crippen LogP contribution in [0.15, 0.2) is 54.9 Å². The highest BCUT2D eigenvalue weighted by atomic mass is 35.5. The van der Waals surface area contributed by atoms with Gasteiger partial charge in [0.25, 0.3) is 0 Å². The molecular formula is C18H16Cl2N4O. The standard InChI is InChI=1S/C18H16Cl2N4O/c1-25-16-5-3-2-4-12(16)10-21-17-9-18(23-11-22-17)24-15-7-6-13(19)8-14(15)20/h2-9,11H,10H2,1H3,(H2,21,22,23,24). The van der Waals surface area contributed by atoms with Crippen LogP contribution in [-0.2, 0) is 6.54 Å². The third-order valence-electron chi connectivity index (χ3n) is 3.51. The molecule has 2 N–H and O–H groups in total. The van der Waals surface area contributed by atoms with Gasteiger partial charge < -0.3 is 15.4 Å². The summed E-state index contributed by atoms with van der Waals surface area (Å²) in [4.78, 5) is 8.44. The average Bonchev–Trinajstić information content (AvgIpc) is 2.63. The van der Waals surface area contributed by atoms with Crippen LogP contribution in [0.1, 0.15) is 5.56 Å². The maximum atomic E-state index is 6.17. The van der Waals surface area contributed by atoms with Crippen molar-refractivity contribution in [1.29, 1.82) is 0 Å². The number of hydrogen-bond donors (Lipinski definition) is 2. The van der Waals surface area contributed by atoms with Crippen LogP contribution in [0.4, 0.5) is 17.3 Å². The third kappa shape index (κ3) is 4.53. The van der Waals surface area contributed by atoms with E-state index < -0.39 is 0 Å². The molecule has 0 amide bonds. The fourth-order valence-corrected chi connectivity index (χ4v) is 2.74. The Bertz CT molecular complexity index is 873. The zero-order valence-corrected chi connectivity index (χ0v) is 15.0. The Morgan fingerprint density at radius 3 is 2.60 bits per heavy atom. The number of ether oxygens (including phenoxy) is 1. The van der Waals surface area contributed by atoms with Crippen molar-refractivity contribution in [2.45, 2.75) is 6.54 Å². The molecule has 0 bridgehead atoms. The van der Waals surface area contributed by atoms with Crippen LogP contribution >= 0.6 is 23.2 Å². The summed E-state index contributed by atoms with van der Waals surface area (Å²) in [5.41, 5.74) is 1.76. The van der Waals surface area contributed by atoms with Crippen molar-refractivity contribution in [3.05, 3.63) is 70.5 Å². The van der Waals surface area contributed by atoms with Gasteiger partial charge >= 0.3 is 0 Å². The van der Waals surface area contributed by atoms with Gasteiger partial charge in [-0.15, -0.1) is 0 Å². The highest BCUT2D eigenvalue weighted by Gasteiger charge is 2.05. The van der Waals surface area contributed by atoms with Crippen molar-refractivity contribution in [2.24, 2.45) is 0 Å². The number of para-hydroxylation sites is 1. The normalized spacial score (nSPS) is 10.4. The highest BCUT2D eigenvalue weighted by Crippen LogP contribution is 2.28. The van der Waals surface area contributed by atoms with Crippen LogP contribution in [0.25, 0.3) is 0 Å². The topological polar surface area (TPSA) is 59.1 Å². The summed E-state index contributed by atoms with van der Waals surface area (Å²) in [5.74, 6) is 2.14. The number of methoxy groups -OCH3 is 1. The molecule has 0 fully saturated rings. The molecule has 0 radical (unpaired) electrons. The second-order valence-electron chi connectivity index (χ2n) is 5.20. The van der Waals surface area contributed by atoms with Crippen LogP contribution in [-0.4, -0.2) is 17.1 Å². The lowest BCUT2D eigenvalue weighted by Crippen LogP contribution is -2.04. The van der Waals surface area contributed by atoms with E-state index in [1.165, 1.54) is 6.33 Å². The highest BCUT2D eigenvalue weighted by molar-refractivity contribution is 6.36. The minimum absolute atomic E-state index is 0.523. The van der Waals surface area contributed by atoms with Gasteiger partial charge in [0.1, 0.15) is 23.7 Å². The minimum atomic E-state index is 0.523. The molecule has 0 spiro atoms. The number of aromatic nitrogens is 2. The second kappa shape index (κ2) is 8.05. The van der Waals surface area contributed by atoms with E-state index in [0.717, 1.165) is 17.0 Å². The van der Waals surface area contributed by atoms with E-state index in [1.54, 1.807) is 31.4 Å². The van der Waals surface area contributed by atoms with Crippen molar-refractivity contribution in [1.82, 2.24) is 9.97 Å². The Kier molecular flexibility index (Phi) is 5.58.